The third-order valence-electron chi connectivity index (χ3n) is 1.93. The molecule has 0 atom stereocenters. The van der Waals surface area contributed by atoms with Gasteiger partial charge in [-0.3, -0.25) is 0 Å². The molecular weight excluding hydrogens is 144 g/mol. The van der Waals surface area contributed by atoms with Crippen molar-refractivity contribution in [3.8, 4) is 12.3 Å². The van der Waals surface area contributed by atoms with E-state index in [1.54, 1.807) is 0 Å². The summed E-state index contributed by atoms with van der Waals surface area (Å²) in [6.45, 7) is 2.19. The Hall–Kier alpha value is -1.22. The first-order valence-electron chi connectivity index (χ1n) is 4.38. The predicted octanol–water partition coefficient (Wildman–Crippen LogP) is 2.81. The molecule has 0 aromatic heterocycles. The van der Waals surface area contributed by atoms with Gasteiger partial charge in [-0.2, -0.15) is 0 Å². The molecule has 0 N–H and O–H groups in total. The standard InChI is InChI=1S/C12H14/c1-3-7-11-9-5-6-10-12(11)8-4-2/h1,5-6,9-10H,4,7-8H2,2H3. The maximum atomic E-state index is 5.28. The predicted molar refractivity (Wildman–Crippen MR) is 53.0 cm³/mol. The van der Waals surface area contributed by atoms with Gasteiger partial charge in [-0.05, 0) is 17.5 Å². The van der Waals surface area contributed by atoms with Crippen molar-refractivity contribution in [1.82, 2.24) is 0 Å². The molecule has 0 aliphatic heterocycles. The lowest BCUT2D eigenvalue weighted by Crippen LogP contribution is -1.91. The van der Waals surface area contributed by atoms with Crippen molar-refractivity contribution in [2.45, 2.75) is 26.2 Å². The van der Waals surface area contributed by atoms with Crippen molar-refractivity contribution >= 4 is 0 Å². The van der Waals surface area contributed by atoms with Crippen LogP contribution in [0.1, 0.15) is 24.5 Å². The molecule has 0 spiro atoms. The summed E-state index contributed by atoms with van der Waals surface area (Å²) in [7, 11) is 0. The van der Waals surface area contributed by atoms with Crippen molar-refractivity contribution < 1.29 is 0 Å². The second-order valence-corrected chi connectivity index (χ2v) is 2.90. The van der Waals surface area contributed by atoms with Gasteiger partial charge in [0.05, 0.1) is 0 Å². The van der Waals surface area contributed by atoms with E-state index in [9.17, 15) is 0 Å². The Morgan fingerprint density at radius 3 is 2.50 bits per heavy atom. The van der Waals surface area contributed by atoms with Crippen LogP contribution in [0.4, 0.5) is 0 Å². The van der Waals surface area contributed by atoms with Crippen molar-refractivity contribution in [3.63, 3.8) is 0 Å². The first-order chi connectivity index (χ1) is 5.88. The van der Waals surface area contributed by atoms with Gasteiger partial charge in [0, 0.05) is 6.42 Å². The molecule has 0 heterocycles. The van der Waals surface area contributed by atoms with Crippen molar-refractivity contribution in [2.24, 2.45) is 0 Å². The van der Waals surface area contributed by atoms with Gasteiger partial charge in [0.2, 0.25) is 0 Å². The molecule has 1 aromatic carbocycles. The van der Waals surface area contributed by atoms with E-state index in [-0.39, 0.29) is 0 Å². The van der Waals surface area contributed by atoms with Crippen LogP contribution in [0.25, 0.3) is 0 Å². The Labute approximate surface area is 74.6 Å². The minimum atomic E-state index is 0.760. The monoisotopic (exact) mass is 158 g/mol. The maximum absolute atomic E-state index is 5.28. The Morgan fingerprint density at radius 2 is 1.92 bits per heavy atom. The van der Waals surface area contributed by atoms with Crippen LogP contribution < -0.4 is 0 Å². The smallest absolute Gasteiger partial charge is 0.0340 e. The van der Waals surface area contributed by atoms with Gasteiger partial charge < -0.3 is 0 Å². The molecule has 12 heavy (non-hydrogen) atoms. The summed E-state index contributed by atoms with van der Waals surface area (Å²) < 4.78 is 0. The Kier molecular flexibility index (Phi) is 3.41. The summed E-state index contributed by atoms with van der Waals surface area (Å²) in [6, 6.07) is 8.40. The van der Waals surface area contributed by atoms with Crippen LogP contribution in [0.15, 0.2) is 24.3 Å². The molecule has 0 bridgehead atoms. The van der Waals surface area contributed by atoms with E-state index in [2.05, 4.69) is 31.0 Å². The fourth-order valence-corrected chi connectivity index (χ4v) is 1.35. The topological polar surface area (TPSA) is 0 Å². The first-order valence-corrected chi connectivity index (χ1v) is 4.38. The van der Waals surface area contributed by atoms with Crippen LogP contribution in [0, 0.1) is 12.3 Å². The molecule has 0 saturated heterocycles. The van der Waals surface area contributed by atoms with Gasteiger partial charge >= 0.3 is 0 Å². The van der Waals surface area contributed by atoms with Gasteiger partial charge in [-0.15, -0.1) is 12.3 Å². The Balaban J connectivity index is 2.85. The van der Waals surface area contributed by atoms with Gasteiger partial charge in [0.1, 0.15) is 0 Å². The summed E-state index contributed by atoms with van der Waals surface area (Å²) in [5.74, 6) is 2.68. The van der Waals surface area contributed by atoms with Crippen LogP contribution in [-0.2, 0) is 12.8 Å². The van der Waals surface area contributed by atoms with Crippen LogP contribution in [0.5, 0.6) is 0 Å². The van der Waals surface area contributed by atoms with Crippen LogP contribution in [0.2, 0.25) is 0 Å². The highest BCUT2D eigenvalue weighted by Gasteiger charge is 1.97. The minimum absolute atomic E-state index is 0.760. The first kappa shape index (κ1) is 8.87. The highest BCUT2D eigenvalue weighted by molar-refractivity contribution is 5.30. The third kappa shape index (κ3) is 2.13. The highest BCUT2D eigenvalue weighted by Crippen LogP contribution is 2.10. The van der Waals surface area contributed by atoms with Gasteiger partial charge in [-0.1, -0.05) is 37.6 Å². The number of aryl methyl sites for hydroxylation is 1. The minimum Gasteiger partial charge on any atom is -0.120 e. The molecule has 0 unspecified atom stereocenters. The summed E-state index contributed by atoms with van der Waals surface area (Å²) in [5.41, 5.74) is 2.71. The molecule has 62 valence electrons. The average molecular weight is 158 g/mol. The second kappa shape index (κ2) is 4.62. The fourth-order valence-electron chi connectivity index (χ4n) is 1.35. The zero-order chi connectivity index (χ0) is 8.81. The third-order valence-corrected chi connectivity index (χ3v) is 1.93. The van der Waals surface area contributed by atoms with Crippen molar-refractivity contribution in [1.29, 1.82) is 0 Å². The molecule has 0 aliphatic rings. The van der Waals surface area contributed by atoms with E-state index < -0.39 is 0 Å². The van der Waals surface area contributed by atoms with E-state index in [0.29, 0.717) is 0 Å². The molecule has 0 amide bonds. The number of benzene rings is 1. The number of hydrogen-bond donors (Lipinski definition) is 0. The molecule has 0 heteroatoms. The zero-order valence-electron chi connectivity index (χ0n) is 7.51. The molecular formula is C12H14. The largest absolute Gasteiger partial charge is 0.120 e. The van der Waals surface area contributed by atoms with Crippen molar-refractivity contribution in [3.05, 3.63) is 35.4 Å². The maximum Gasteiger partial charge on any atom is 0.0340 e. The summed E-state index contributed by atoms with van der Waals surface area (Å²) in [5, 5.41) is 0. The van der Waals surface area contributed by atoms with E-state index in [1.807, 2.05) is 6.07 Å². The Bertz CT molecular complexity index is 278. The van der Waals surface area contributed by atoms with E-state index in [1.165, 1.54) is 17.5 Å². The van der Waals surface area contributed by atoms with Gasteiger partial charge in [-0.25, -0.2) is 0 Å². The quantitative estimate of drug-likeness (QED) is 0.593. The normalized spacial score (nSPS) is 9.33. The molecule has 1 aromatic rings. The van der Waals surface area contributed by atoms with E-state index >= 15 is 0 Å². The average Bonchev–Trinajstić information content (AvgIpc) is 2.09. The second-order valence-electron chi connectivity index (χ2n) is 2.90. The zero-order valence-corrected chi connectivity index (χ0v) is 7.51. The summed E-state index contributed by atoms with van der Waals surface area (Å²) in [4.78, 5) is 0. The molecule has 0 saturated carbocycles. The molecule has 1 rings (SSSR count). The van der Waals surface area contributed by atoms with Gasteiger partial charge in [0.25, 0.3) is 0 Å². The summed E-state index contributed by atoms with van der Waals surface area (Å²) in [6.07, 6.45) is 8.35. The van der Waals surface area contributed by atoms with E-state index in [0.717, 1.165) is 12.8 Å². The van der Waals surface area contributed by atoms with E-state index in [4.69, 9.17) is 6.42 Å². The van der Waals surface area contributed by atoms with Crippen LogP contribution >= 0.6 is 0 Å². The molecule has 0 aliphatic carbocycles. The van der Waals surface area contributed by atoms with Gasteiger partial charge in [0.15, 0.2) is 0 Å². The fraction of sp³-hybridized carbons (Fsp3) is 0.333. The SMILES string of the molecule is C#CCc1ccccc1CCC. The highest BCUT2D eigenvalue weighted by atomic mass is 14.0. The molecule has 0 fully saturated rings. The lowest BCUT2D eigenvalue weighted by Gasteiger charge is -2.04. The molecule has 0 radical (unpaired) electrons. The Morgan fingerprint density at radius 1 is 1.25 bits per heavy atom. The van der Waals surface area contributed by atoms with Crippen LogP contribution in [0.3, 0.4) is 0 Å². The number of terminal acetylenes is 1. The number of rotatable bonds is 3. The lowest BCUT2D eigenvalue weighted by molar-refractivity contribution is 0.908. The lowest BCUT2D eigenvalue weighted by atomic mass is 10.0. The van der Waals surface area contributed by atoms with Crippen LogP contribution in [-0.4, -0.2) is 0 Å². The van der Waals surface area contributed by atoms with Crippen molar-refractivity contribution in [2.75, 3.05) is 0 Å². The molecule has 0 nitrogen and oxygen atoms in total. The summed E-state index contributed by atoms with van der Waals surface area (Å²) >= 11 is 0. The number of hydrogen-bond acceptors (Lipinski definition) is 0.